The molecule has 106 valence electrons. The summed E-state index contributed by atoms with van der Waals surface area (Å²) in [5.74, 6) is 0.366. The van der Waals surface area contributed by atoms with Crippen molar-refractivity contribution in [1.29, 1.82) is 5.26 Å². The van der Waals surface area contributed by atoms with Gasteiger partial charge in [-0.15, -0.1) is 0 Å². The van der Waals surface area contributed by atoms with Crippen molar-refractivity contribution in [2.24, 2.45) is 10.7 Å². The highest BCUT2D eigenvalue weighted by atomic mass is 15.1. The number of nitriles is 1. The molecule has 0 saturated heterocycles. The maximum absolute atomic E-state index is 8.86. The second-order valence-corrected chi connectivity index (χ2v) is 4.69. The largest absolute Gasteiger partial charge is 0.370 e. The topological polar surface area (TPSA) is 74.2 Å². The first kappa shape index (κ1) is 14.6. The van der Waals surface area contributed by atoms with Crippen LogP contribution in [0.4, 0.5) is 5.69 Å². The quantitative estimate of drug-likeness (QED) is 0.666. The summed E-state index contributed by atoms with van der Waals surface area (Å²) in [5, 5.41) is 11.9. The Morgan fingerprint density at radius 3 is 2.71 bits per heavy atom. The van der Waals surface area contributed by atoms with Gasteiger partial charge in [-0.2, -0.15) is 5.26 Å². The number of hydrogen-bond acceptors (Lipinski definition) is 2. The molecule has 0 bridgehead atoms. The third-order valence-corrected chi connectivity index (χ3v) is 3.10. The molecular weight excluding hydrogens is 260 g/mol. The lowest BCUT2D eigenvalue weighted by Gasteiger charge is -2.07. The van der Waals surface area contributed by atoms with Crippen LogP contribution in [0.5, 0.6) is 0 Å². The molecule has 0 aliphatic heterocycles. The molecule has 0 aliphatic rings. The zero-order chi connectivity index (χ0) is 15.1. The molecular formula is C17H18N4. The van der Waals surface area contributed by atoms with Crippen LogP contribution in [-0.4, -0.2) is 5.96 Å². The fourth-order valence-corrected chi connectivity index (χ4v) is 1.97. The van der Waals surface area contributed by atoms with Gasteiger partial charge in [-0.05, 0) is 41.8 Å². The number of aryl methyl sites for hydroxylation is 1. The van der Waals surface area contributed by atoms with Crippen LogP contribution in [0.25, 0.3) is 0 Å². The van der Waals surface area contributed by atoms with Crippen LogP contribution in [0.3, 0.4) is 0 Å². The molecule has 0 spiro atoms. The van der Waals surface area contributed by atoms with Crippen molar-refractivity contribution >= 4 is 11.6 Å². The van der Waals surface area contributed by atoms with Gasteiger partial charge in [-0.25, -0.2) is 4.99 Å². The average Bonchev–Trinajstić information content (AvgIpc) is 2.53. The van der Waals surface area contributed by atoms with Gasteiger partial charge in [0.2, 0.25) is 0 Å². The fourth-order valence-electron chi connectivity index (χ4n) is 1.97. The van der Waals surface area contributed by atoms with E-state index in [0.29, 0.717) is 18.1 Å². The van der Waals surface area contributed by atoms with Gasteiger partial charge >= 0.3 is 0 Å². The Labute approximate surface area is 124 Å². The second kappa shape index (κ2) is 7.11. The van der Waals surface area contributed by atoms with Gasteiger partial charge in [0.1, 0.15) is 0 Å². The molecule has 0 aromatic heterocycles. The maximum Gasteiger partial charge on any atom is 0.193 e. The Morgan fingerprint density at radius 2 is 1.95 bits per heavy atom. The van der Waals surface area contributed by atoms with Gasteiger partial charge in [-0.1, -0.05) is 31.2 Å². The van der Waals surface area contributed by atoms with Gasteiger partial charge in [0.25, 0.3) is 0 Å². The van der Waals surface area contributed by atoms with E-state index in [0.717, 1.165) is 17.7 Å². The van der Waals surface area contributed by atoms with Crippen LogP contribution >= 0.6 is 0 Å². The van der Waals surface area contributed by atoms with E-state index < -0.39 is 0 Å². The predicted octanol–water partition coefficient (Wildman–Crippen LogP) is 3.05. The van der Waals surface area contributed by atoms with E-state index in [9.17, 15) is 0 Å². The van der Waals surface area contributed by atoms with E-state index in [-0.39, 0.29) is 0 Å². The Balaban J connectivity index is 2.02. The van der Waals surface area contributed by atoms with Gasteiger partial charge < -0.3 is 11.1 Å². The number of hydrogen-bond donors (Lipinski definition) is 2. The zero-order valence-electron chi connectivity index (χ0n) is 12.0. The first-order valence-electron chi connectivity index (χ1n) is 6.86. The van der Waals surface area contributed by atoms with Crippen molar-refractivity contribution in [3.8, 4) is 6.07 Å². The Hall–Kier alpha value is -2.80. The number of rotatable bonds is 4. The molecule has 3 N–H and O–H groups in total. The number of nitrogens with two attached hydrogens (primary N) is 1. The fraction of sp³-hybridized carbons (Fsp3) is 0.176. The van der Waals surface area contributed by atoms with E-state index in [1.165, 1.54) is 5.56 Å². The molecule has 0 heterocycles. The molecule has 0 saturated carbocycles. The minimum absolute atomic E-state index is 0.366. The summed E-state index contributed by atoms with van der Waals surface area (Å²) < 4.78 is 0. The Bertz CT molecular complexity index is 683. The molecule has 2 aromatic rings. The Kier molecular flexibility index (Phi) is 4.94. The van der Waals surface area contributed by atoms with Gasteiger partial charge in [-0.3, -0.25) is 0 Å². The van der Waals surface area contributed by atoms with E-state index in [1.54, 1.807) is 6.07 Å². The lowest BCUT2D eigenvalue weighted by atomic mass is 10.1. The summed E-state index contributed by atoms with van der Waals surface area (Å²) in [7, 11) is 0. The summed E-state index contributed by atoms with van der Waals surface area (Å²) in [5.41, 5.74) is 9.66. The maximum atomic E-state index is 8.86. The average molecular weight is 278 g/mol. The number of benzene rings is 2. The van der Waals surface area contributed by atoms with E-state index >= 15 is 0 Å². The van der Waals surface area contributed by atoms with E-state index in [1.807, 2.05) is 30.3 Å². The third-order valence-electron chi connectivity index (χ3n) is 3.10. The van der Waals surface area contributed by atoms with Crippen molar-refractivity contribution < 1.29 is 0 Å². The number of anilines is 1. The molecule has 0 unspecified atom stereocenters. The van der Waals surface area contributed by atoms with Crippen LogP contribution in [0.1, 0.15) is 23.6 Å². The van der Waals surface area contributed by atoms with Crippen LogP contribution < -0.4 is 11.1 Å². The molecule has 0 fully saturated rings. The van der Waals surface area contributed by atoms with Gasteiger partial charge in [0.15, 0.2) is 5.96 Å². The van der Waals surface area contributed by atoms with Crippen LogP contribution in [-0.2, 0) is 13.0 Å². The normalized spacial score (nSPS) is 11.0. The number of aliphatic imine (C=N–C) groups is 1. The Morgan fingerprint density at radius 1 is 1.19 bits per heavy atom. The summed E-state index contributed by atoms with van der Waals surface area (Å²) in [6, 6.07) is 17.5. The van der Waals surface area contributed by atoms with Crippen molar-refractivity contribution in [3.63, 3.8) is 0 Å². The molecule has 4 nitrogen and oxygen atoms in total. The molecule has 0 aliphatic carbocycles. The molecule has 2 aromatic carbocycles. The highest BCUT2D eigenvalue weighted by Crippen LogP contribution is 2.11. The zero-order valence-corrected chi connectivity index (χ0v) is 12.0. The summed E-state index contributed by atoms with van der Waals surface area (Å²) >= 11 is 0. The first-order valence-corrected chi connectivity index (χ1v) is 6.86. The lowest BCUT2D eigenvalue weighted by molar-refractivity contribution is 1.06. The number of nitrogens with one attached hydrogen (secondary N) is 1. The van der Waals surface area contributed by atoms with Crippen molar-refractivity contribution in [2.45, 2.75) is 19.9 Å². The molecule has 0 radical (unpaired) electrons. The predicted molar refractivity (Wildman–Crippen MR) is 85.9 cm³/mol. The van der Waals surface area contributed by atoms with Gasteiger partial charge in [0.05, 0.1) is 18.2 Å². The van der Waals surface area contributed by atoms with Crippen LogP contribution in [0.15, 0.2) is 53.5 Å². The molecule has 0 amide bonds. The smallest absolute Gasteiger partial charge is 0.193 e. The number of guanidine groups is 1. The van der Waals surface area contributed by atoms with Gasteiger partial charge in [0, 0.05) is 5.69 Å². The SMILES string of the molecule is CCc1cccc(NC(N)=NCc2cccc(C#N)c2)c1. The van der Waals surface area contributed by atoms with Crippen LogP contribution in [0, 0.1) is 11.3 Å². The highest BCUT2D eigenvalue weighted by molar-refractivity contribution is 5.92. The molecule has 21 heavy (non-hydrogen) atoms. The van der Waals surface area contributed by atoms with E-state index in [2.05, 4.69) is 35.4 Å². The third kappa shape index (κ3) is 4.36. The monoisotopic (exact) mass is 278 g/mol. The van der Waals surface area contributed by atoms with Crippen molar-refractivity contribution in [1.82, 2.24) is 0 Å². The molecule has 2 rings (SSSR count). The molecule has 0 atom stereocenters. The minimum atomic E-state index is 0.366. The lowest BCUT2D eigenvalue weighted by Crippen LogP contribution is -2.22. The summed E-state index contributed by atoms with van der Waals surface area (Å²) in [4.78, 5) is 4.29. The first-order chi connectivity index (χ1) is 10.2. The number of nitrogens with zero attached hydrogens (tertiary/aromatic N) is 2. The standard InChI is InChI=1S/C17H18N4/c1-2-13-5-4-8-16(10-13)21-17(19)20-12-15-7-3-6-14(9-15)11-18/h3-10H,2,12H2,1H3,(H3,19,20,21). The summed E-state index contributed by atoms with van der Waals surface area (Å²) in [6.45, 7) is 2.56. The highest BCUT2D eigenvalue weighted by Gasteiger charge is 1.98. The van der Waals surface area contributed by atoms with Crippen molar-refractivity contribution in [2.75, 3.05) is 5.32 Å². The van der Waals surface area contributed by atoms with E-state index in [4.69, 9.17) is 11.0 Å². The summed E-state index contributed by atoms with van der Waals surface area (Å²) in [6.07, 6.45) is 0.980. The molecule has 4 heteroatoms. The second-order valence-electron chi connectivity index (χ2n) is 4.69. The minimum Gasteiger partial charge on any atom is -0.370 e. The van der Waals surface area contributed by atoms with Crippen LogP contribution in [0.2, 0.25) is 0 Å². The van der Waals surface area contributed by atoms with Crippen molar-refractivity contribution in [3.05, 3.63) is 65.2 Å².